The van der Waals surface area contributed by atoms with Gasteiger partial charge in [-0.3, -0.25) is 4.79 Å². The number of hydrogen-bond acceptors (Lipinski definition) is 6. The molecular formula is C17H15BrN6O. The van der Waals surface area contributed by atoms with Gasteiger partial charge >= 0.3 is 0 Å². The standard InChI is InChI=1S/C17H15BrN6O/c1-11(25)20-13-5-7-14(8-6-13)22-17-23-16(10-19-24-17)21-15-4-2-3-12(18)9-15/h2-10H,1H3,(H,20,25)(H2,21,22,23,24). The predicted octanol–water partition coefficient (Wildman–Crippen LogP) is 4.08. The Morgan fingerprint density at radius 2 is 1.76 bits per heavy atom. The van der Waals surface area contributed by atoms with E-state index in [2.05, 4.69) is 47.1 Å². The van der Waals surface area contributed by atoms with Gasteiger partial charge in [-0.2, -0.15) is 10.1 Å². The molecule has 1 amide bonds. The second-order valence-corrected chi connectivity index (χ2v) is 6.10. The van der Waals surface area contributed by atoms with E-state index in [1.165, 1.54) is 6.92 Å². The number of carbonyl (C=O) groups excluding carboxylic acids is 1. The number of anilines is 5. The number of benzene rings is 2. The molecule has 1 aromatic heterocycles. The lowest BCUT2D eigenvalue weighted by molar-refractivity contribution is -0.114. The van der Waals surface area contributed by atoms with Crippen LogP contribution in [0.25, 0.3) is 0 Å². The minimum atomic E-state index is -0.112. The number of aromatic nitrogens is 3. The highest BCUT2D eigenvalue weighted by Crippen LogP contribution is 2.20. The first-order chi connectivity index (χ1) is 12.1. The van der Waals surface area contributed by atoms with Crippen molar-refractivity contribution in [3.05, 3.63) is 59.2 Å². The van der Waals surface area contributed by atoms with Gasteiger partial charge in [-0.05, 0) is 42.5 Å². The molecule has 3 rings (SSSR count). The smallest absolute Gasteiger partial charge is 0.249 e. The van der Waals surface area contributed by atoms with E-state index in [9.17, 15) is 4.79 Å². The van der Waals surface area contributed by atoms with Gasteiger partial charge in [-0.15, -0.1) is 5.10 Å². The van der Waals surface area contributed by atoms with E-state index in [0.717, 1.165) is 21.5 Å². The number of carbonyl (C=O) groups is 1. The van der Waals surface area contributed by atoms with Gasteiger partial charge in [0.05, 0.1) is 6.20 Å². The van der Waals surface area contributed by atoms with E-state index in [1.807, 2.05) is 36.4 Å². The van der Waals surface area contributed by atoms with E-state index in [4.69, 9.17) is 0 Å². The Morgan fingerprint density at radius 3 is 2.48 bits per heavy atom. The van der Waals surface area contributed by atoms with Crippen molar-refractivity contribution in [3.8, 4) is 0 Å². The van der Waals surface area contributed by atoms with Crippen LogP contribution in [-0.4, -0.2) is 21.1 Å². The first-order valence-corrected chi connectivity index (χ1v) is 8.25. The molecule has 126 valence electrons. The van der Waals surface area contributed by atoms with Crippen molar-refractivity contribution < 1.29 is 4.79 Å². The van der Waals surface area contributed by atoms with Gasteiger partial charge < -0.3 is 16.0 Å². The van der Waals surface area contributed by atoms with Crippen molar-refractivity contribution in [2.45, 2.75) is 6.92 Å². The number of nitrogens with zero attached hydrogens (tertiary/aromatic N) is 3. The Morgan fingerprint density at radius 1 is 1.00 bits per heavy atom. The van der Waals surface area contributed by atoms with Gasteiger partial charge in [-0.1, -0.05) is 22.0 Å². The summed E-state index contributed by atoms with van der Waals surface area (Å²) in [7, 11) is 0. The van der Waals surface area contributed by atoms with Crippen LogP contribution in [0, 0.1) is 0 Å². The molecule has 0 radical (unpaired) electrons. The predicted molar refractivity (Wildman–Crippen MR) is 101 cm³/mol. The minimum Gasteiger partial charge on any atom is -0.339 e. The Kier molecular flexibility index (Phi) is 5.20. The minimum absolute atomic E-state index is 0.112. The molecule has 0 aliphatic heterocycles. The molecule has 0 aliphatic carbocycles. The molecule has 25 heavy (non-hydrogen) atoms. The fourth-order valence-corrected chi connectivity index (χ4v) is 2.50. The largest absolute Gasteiger partial charge is 0.339 e. The summed E-state index contributed by atoms with van der Waals surface area (Å²) in [5, 5.41) is 16.9. The quantitative estimate of drug-likeness (QED) is 0.599. The molecule has 0 bridgehead atoms. The molecule has 0 aliphatic rings. The van der Waals surface area contributed by atoms with E-state index in [-0.39, 0.29) is 5.91 Å². The average molecular weight is 399 g/mol. The summed E-state index contributed by atoms with van der Waals surface area (Å²) < 4.78 is 0.970. The maximum absolute atomic E-state index is 11.0. The number of rotatable bonds is 5. The van der Waals surface area contributed by atoms with Gasteiger partial charge in [-0.25, -0.2) is 0 Å². The first kappa shape index (κ1) is 16.8. The topological polar surface area (TPSA) is 91.8 Å². The Hall–Kier alpha value is -3.00. The van der Waals surface area contributed by atoms with E-state index in [0.29, 0.717) is 11.8 Å². The van der Waals surface area contributed by atoms with Crippen molar-refractivity contribution in [1.29, 1.82) is 0 Å². The molecule has 0 spiro atoms. The van der Waals surface area contributed by atoms with Gasteiger partial charge in [0.25, 0.3) is 0 Å². The summed E-state index contributed by atoms with van der Waals surface area (Å²) in [6, 6.07) is 15.0. The molecule has 0 unspecified atom stereocenters. The fourth-order valence-electron chi connectivity index (χ4n) is 2.10. The lowest BCUT2D eigenvalue weighted by Gasteiger charge is -2.08. The molecule has 8 heteroatoms. The Bertz CT molecular complexity index is 884. The molecule has 0 fully saturated rings. The van der Waals surface area contributed by atoms with Crippen molar-refractivity contribution >= 4 is 50.7 Å². The zero-order valence-electron chi connectivity index (χ0n) is 13.3. The van der Waals surface area contributed by atoms with E-state index >= 15 is 0 Å². The van der Waals surface area contributed by atoms with Crippen LogP contribution in [-0.2, 0) is 4.79 Å². The molecule has 2 aromatic carbocycles. The summed E-state index contributed by atoms with van der Waals surface area (Å²) in [5.41, 5.74) is 2.40. The van der Waals surface area contributed by atoms with Crippen molar-refractivity contribution in [2.24, 2.45) is 0 Å². The van der Waals surface area contributed by atoms with Crippen LogP contribution in [0.4, 0.5) is 28.8 Å². The zero-order valence-corrected chi connectivity index (χ0v) is 14.9. The highest BCUT2D eigenvalue weighted by Gasteiger charge is 2.03. The molecule has 7 nitrogen and oxygen atoms in total. The van der Waals surface area contributed by atoms with Crippen LogP contribution in [0.15, 0.2) is 59.2 Å². The molecule has 1 heterocycles. The maximum atomic E-state index is 11.0. The van der Waals surface area contributed by atoms with Gasteiger partial charge in [0.15, 0.2) is 5.82 Å². The lowest BCUT2D eigenvalue weighted by atomic mass is 10.3. The molecular weight excluding hydrogens is 384 g/mol. The normalized spacial score (nSPS) is 10.2. The summed E-state index contributed by atoms with van der Waals surface area (Å²) >= 11 is 3.43. The third-order valence-corrected chi connectivity index (χ3v) is 3.61. The highest BCUT2D eigenvalue weighted by molar-refractivity contribution is 9.10. The number of halogens is 1. The molecule has 3 N–H and O–H groups in total. The van der Waals surface area contributed by atoms with Crippen LogP contribution in [0.2, 0.25) is 0 Å². The first-order valence-electron chi connectivity index (χ1n) is 7.45. The number of amides is 1. The van der Waals surface area contributed by atoms with Crippen LogP contribution in [0.1, 0.15) is 6.92 Å². The molecule has 0 saturated carbocycles. The summed E-state index contributed by atoms with van der Waals surface area (Å²) in [5.74, 6) is 0.831. The molecule has 0 atom stereocenters. The SMILES string of the molecule is CC(=O)Nc1ccc(Nc2nncc(Nc3cccc(Br)c3)n2)cc1. The third kappa shape index (κ3) is 4.98. The summed E-state index contributed by atoms with van der Waals surface area (Å²) in [6.07, 6.45) is 1.55. The lowest BCUT2D eigenvalue weighted by Crippen LogP contribution is -2.05. The van der Waals surface area contributed by atoms with Crippen LogP contribution < -0.4 is 16.0 Å². The molecule has 3 aromatic rings. The van der Waals surface area contributed by atoms with Gasteiger partial charge in [0.2, 0.25) is 11.9 Å². The second kappa shape index (κ2) is 7.71. The van der Waals surface area contributed by atoms with E-state index < -0.39 is 0 Å². The van der Waals surface area contributed by atoms with Crippen molar-refractivity contribution in [2.75, 3.05) is 16.0 Å². The van der Waals surface area contributed by atoms with E-state index in [1.54, 1.807) is 18.3 Å². The summed E-state index contributed by atoms with van der Waals surface area (Å²) in [6.45, 7) is 1.47. The van der Waals surface area contributed by atoms with Crippen LogP contribution in [0.5, 0.6) is 0 Å². The fraction of sp³-hybridized carbons (Fsp3) is 0.0588. The third-order valence-electron chi connectivity index (χ3n) is 3.12. The maximum Gasteiger partial charge on any atom is 0.249 e. The highest BCUT2D eigenvalue weighted by atomic mass is 79.9. The average Bonchev–Trinajstić information content (AvgIpc) is 2.57. The monoisotopic (exact) mass is 398 g/mol. The number of hydrogen-bond donors (Lipinski definition) is 3. The van der Waals surface area contributed by atoms with Crippen molar-refractivity contribution in [1.82, 2.24) is 15.2 Å². The Labute approximate surface area is 153 Å². The Balaban J connectivity index is 1.70. The van der Waals surface area contributed by atoms with Crippen LogP contribution >= 0.6 is 15.9 Å². The number of nitrogens with one attached hydrogen (secondary N) is 3. The van der Waals surface area contributed by atoms with Crippen LogP contribution in [0.3, 0.4) is 0 Å². The second-order valence-electron chi connectivity index (χ2n) is 5.18. The van der Waals surface area contributed by atoms with Gasteiger partial charge in [0.1, 0.15) is 0 Å². The summed E-state index contributed by atoms with van der Waals surface area (Å²) in [4.78, 5) is 15.4. The van der Waals surface area contributed by atoms with Crippen molar-refractivity contribution in [3.63, 3.8) is 0 Å². The van der Waals surface area contributed by atoms with Gasteiger partial charge in [0, 0.05) is 28.5 Å². The zero-order chi connectivity index (χ0) is 17.6. The molecule has 0 saturated heterocycles.